The van der Waals surface area contributed by atoms with Crippen LogP contribution in [-0.2, 0) is 25.7 Å². The monoisotopic (exact) mass is 634 g/mol. The molecular weight excluding hydrogens is 572 g/mol. The predicted molar refractivity (Wildman–Crippen MR) is 186 cm³/mol. The topological polar surface area (TPSA) is 105 Å². The van der Waals surface area contributed by atoms with Crippen molar-refractivity contribution in [2.24, 2.45) is 57.7 Å². The fraction of sp³-hybridized carbons (Fsp3) is 0.750. The van der Waals surface area contributed by atoms with Gasteiger partial charge in [0.1, 0.15) is 12.7 Å². The van der Waals surface area contributed by atoms with Crippen molar-refractivity contribution >= 4 is 23.3 Å². The third kappa shape index (κ3) is 6.88. The third-order valence-electron chi connectivity index (χ3n) is 13.8. The van der Waals surface area contributed by atoms with Crippen LogP contribution in [0.25, 0.3) is 0 Å². The molecule has 6 heteroatoms. The molecule has 0 aliphatic heterocycles. The maximum Gasteiger partial charge on any atom is 0.331 e. The lowest BCUT2D eigenvalue weighted by molar-refractivity contribution is -0.194. The SMILES string of the molecule is CC(C)CCCC(C)C1CCC2C3CCC4C(C)(C)C(OC(=O)C=CC(=O)OCc5cc(N)cc(N)c5)CCC4(C)C3CCC12C. The molecule has 0 heterocycles. The van der Waals surface area contributed by atoms with Crippen LogP contribution in [0.2, 0.25) is 0 Å². The molecule has 4 aliphatic carbocycles. The summed E-state index contributed by atoms with van der Waals surface area (Å²) in [5, 5.41) is 0. The van der Waals surface area contributed by atoms with E-state index in [1.54, 1.807) is 18.2 Å². The highest BCUT2D eigenvalue weighted by atomic mass is 16.5. The van der Waals surface area contributed by atoms with Gasteiger partial charge in [-0.1, -0.05) is 67.7 Å². The summed E-state index contributed by atoms with van der Waals surface area (Å²) in [6, 6.07) is 5.07. The van der Waals surface area contributed by atoms with Crippen LogP contribution in [-0.4, -0.2) is 18.0 Å². The van der Waals surface area contributed by atoms with E-state index in [4.69, 9.17) is 20.9 Å². The molecular formula is C40H62N2O4. The highest BCUT2D eigenvalue weighted by molar-refractivity contribution is 5.91. The Morgan fingerprint density at radius 3 is 2.17 bits per heavy atom. The number of nitrogen functional groups attached to an aromatic ring is 2. The van der Waals surface area contributed by atoms with E-state index < -0.39 is 11.9 Å². The van der Waals surface area contributed by atoms with Gasteiger partial charge in [-0.2, -0.15) is 0 Å². The maximum atomic E-state index is 12.9. The molecule has 9 atom stereocenters. The lowest BCUT2D eigenvalue weighted by atomic mass is 9.41. The Morgan fingerprint density at radius 2 is 1.48 bits per heavy atom. The molecule has 4 aliphatic rings. The summed E-state index contributed by atoms with van der Waals surface area (Å²) in [5.74, 6) is 4.42. The minimum Gasteiger partial charge on any atom is -0.459 e. The van der Waals surface area contributed by atoms with Crippen molar-refractivity contribution in [3.05, 3.63) is 35.9 Å². The normalized spacial score (nSPS) is 35.7. The second-order valence-corrected chi connectivity index (χ2v) is 17.3. The van der Waals surface area contributed by atoms with E-state index in [2.05, 4.69) is 48.5 Å². The van der Waals surface area contributed by atoms with Gasteiger partial charge >= 0.3 is 11.9 Å². The highest BCUT2D eigenvalue weighted by Crippen LogP contribution is 2.70. The molecule has 9 unspecified atom stereocenters. The number of ether oxygens (including phenoxy) is 2. The second-order valence-electron chi connectivity index (χ2n) is 17.3. The Balaban J connectivity index is 1.18. The Kier molecular flexibility index (Phi) is 10.3. The molecule has 0 aromatic heterocycles. The quantitative estimate of drug-likeness (QED) is 0.151. The number of carbonyl (C=O) groups is 2. The van der Waals surface area contributed by atoms with Crippen molar-refractivity contribution in [3.8, 4) is 0 Å². The van der Waals surface area contributed by atoms with Gasteiger partial charge in [-0.05, 0) is 127 Å². The van der Waals surface area contributed by atoms with Gasteiger partial charge in [-0.3, -0.25) is 0 Å². The van der Waals surface area contributed by atoms with Gasteiger partial charge in [0, 0.05) is 28.9 Å². The summed E-state index contributed by atoms with van der Waals surface area (Å²) in [6.07, 6.45) is 16.4. The number of fused-ring (bicyclic) bond motifs is 5. The van der Waals surface area contributed by atoms with Crippen LogP contribution in [0, 0.1) is 57.7 Å². The molecule has 5 rings (SSSR count). The van der Waals surface area contributed by atoms with E-state index in [9.17, 15) is 9.59 Å². The van der Waals surface area contributed by atoms with Gasteiger partial charge in [-0.15, -0.1) is 0 Å². The predicted octanol–water partition coefficient (Wildman–Crippen LogP) is 9.12. The Hall–Kier alpha value is -2.50. The van der Waals surface area contributed by atoms with Crippen LogP contribution in [0.3, 0.4) is 0 Å². The zero-order valence-corrected chi connectivity index (χ0v) is 29.8. The van der Waals surface area contributed by atoms with Crippen LogP contribution in [0.4, 0.5) is 11.4 Å². The van der Waals surface area contributed by atoms with E-state index in [1.165, 1.54) is 63.9 Å². The van der Waals surface area contributed by atoms with Gasteiger partial charge in [0.25, 0.3) is 0 Å². The zero-order chi connectivity index (χ0) is 33.4. The van der Waals surface area contributed by atoms with Gasteiger partial charge in [0.05, 0.1) is 0 Å². The molecule has 1 aromatic rings. The fourth-order valence-corrected chi connectivity index (χ4v) is 11.7. The molecule has 4 N–H and O–H groups in total. The van der Waals surface area contributed by atoms with E-state index in [0.29, 0.717) is 28.3 Å². The number of rotatable bonds is 10. The van der Waals surface area contributed by atoms with E-state index in [1.807, 2.05) is 0 Å². The summed E-state index contributed by atoms with van der Waals surface area (Å²) in [5.41, 5.74) is 14.0. The molecule has 256 valence electrons. The van der Waals surface area contributed by atoms with Gasteiger partial charge in [0.2, 0.25) is 0 Å². The van der Waals surface area contributed by atoms with E-state index >= 15 is 0 Å². The van der Waals surface area contributed by atoms with Crippen molar-refractivity contribution in [2.45, 2.75) is 132 Å². The molecule has 1 aromatic carbocycles. The smallest absolute Gasteiger partial charge is 0.331 e. The third-order valence-corrected chi connectivity index (χ3v) is 13.8. The lowest BCUT2D eigenvalue weighted by Gasteiger charge is -2.65. The van der Waals surface area contributed by atoms with Gasteiger partial charge in [-0.25, -0.2) is 9.59 Å². The van der Waals surface area contributed by atoms with Gasteiger partial charge in [0.15, 0.2) is 0 Å². The summed E-state index contributed by atoms with van der Waals surface area (Å²) < 4.78 is 11.4. The largest absolute Gasteiger partial charge is 0.459 e. The summed E-state index contributed by atoms with van der Waals surface area (Å²) in [4.78, 5) is 25.3. The molecule has 0 bridgehead atoms. The minimum atomic E-state index is -0.602. The minimum absolute atomic E-state index is 0.0313. The van der Waals surface area contributed by atoms with Crippen LogP contribution in [0.15, 0.2) is 30.4 Å². The maximum absolute atomic E-state index is 12.9. The zero-order valence-electron chi connectivity index (χ0n) is 29.8. The number of anilines is 2. The number of hydrogen-bond acceptors (Lipinski definition) is 6. The van der Waals surface area contributed by atoms with Crippen molar-refractivity contribution in [1.29, 1.82) is 0 Å². The molecule has 0 spiro atoms. The number of hydrogen-bond donors (Lipinski definition) is 2. The fourth-order valence-electron chi connectivity index (χ4n) is 11.7. The van der Waals surface area contributed by atoms with E-state index in [-0.39, 0.29) is 23.5 Å². The average molecular weight is 635 g/mol. The number of carbonyl (C=O) groups excluding carboxylic acids is 2. The van der Waals surface area contributed by atoms with Crippen molar-refractivity contribution in [3.63, 3.8) is 0 Å². The molecule has 4 saturated carbocycles. The van der Waals surface area contributed by atoms with Crippen molar-refractivity contribution in [1.82, 2.24) is 0 Å². The second kappa shape index (κ2) is 13.5. The average Bonchev–Trinajstić information content (AvgIpc) is 3.33. The number of benzene rings is 1. The first kappa shape index (κ1) is 34.8. The molecule has 6 nitrogen and oxygen atoms in total. The first-order chi connectivity index (χ1) is 21.6. The van der Waals surface area contributed by atoms with E-state index in [0.717, 1.165) is 54.4 Å². The summed E-state index contributed by atoms with van der Waals surface area (Å²) in [6.45, 7) is 17.2. The summed E-state index contributed by atoms with van der Waals surface area (Å²) in [7, 11) is 0. The Labute approximate surface area is 278 Å². The Morgan fingerprint density at radius 1 is 0.826 bits per heavy atom. The molecule has 0 radical (unpaired) electrons. The molecule has 0 saturated heterocycles. The molecule has 46 heavy (non-hydrogen) atoms. The van der Waals surface area contributed by atoms with Crippen LogP contribution < -0.4 is 11.5 Å². The first-order valence-corrected chi connectivity index (χ1v) is 18.4. The van der Waals surface area contributed by atoms with Crippen molar-refractivity contribution < 1.29 is 19.1 Å². The number of nitrogens with two attached hydrogens (primary N) is 2. The first-order valence-electron chi connectivity index (χ1n) is 18.4. The van der Waals surface area contributed by atoms with Crippen LogP contribution >= 0.6 is 0 Å². The molecule has 4 fully saturated rings. The highest BCUT2D eigenvalue weighted by Gasteiger charge is 2.63. The van der Waals surface area contributed by atoms with Gasteiger partial charge < -0.3 is 20.9 Å². The summed E-state index contributed by atoms with van der Waals surface area (Å²) >= 11 is 0. The Bertz CT molecular complexity index is 1270. The standard InChI is InChI=1S/C40H62N2O4/c1-25(2)9-8-10-26(3)31-12-13-32-30-11-14-34-38(4,5)35(18-20-40(34,7)33(30)17-19-39(31,32)6)46-37(44)16-15-36(43)45-24-27-21-28(41)23-29(42)22-27/h15-16,21-23,25-26,30-35H,8-14,17-20,24,41-42H2,1-7H3. The van der Waals surface area contributed by atoms with Crippen molar-refractivity contribution in [2.75, 3.05) is 11.5 Å². The van der Waals surface area contributed by atoms with Crippen LogP contribution in [0.1, 0.15) is 125 Å². The molecule has 0 amide bonds. The van der Waals surface area contributed by atoms with Crippen LogP contribution in [0.5, 0.6) is 0 Å². The number of esters is 2. The lowest BCUT2D eigenvalue weighted by Crippen LogP contribution is -2.59.